The molecular weight excluding hydrogens is 575 g/mol. The number of nitrogens with zero attached hydrogens (tertiary/aromatic N) is 2. The highest BCUT2D eigenvalue weighted by Crippen LogP contribution is 2.29. The minimum atomic E-state index is -0.842. The Bertz CT molecular complexity index is 1620. The summed E-state index contributed by atoms with van der Waals surface area (Å²) in [6, 6.07) is 43.0. The lowest BCUT2D eigenvalue weighted by Crippen LogP contribution is -2.01. The number of aliphatic hydroxyl groups excluding tert-OH is 1. The van der Waals surface area contributed by atoms with Crippen molar-refractivity contribution in [2.75, 3.05) is 0 Å². The molecule has 0 aliphatic heterocycles. The van der Waals surface area contributed by atoms with E-state index in [0.29, 0.717) is 34.4 Å². The van der Waals surface area contributed by atoms with Gasteiger partial charge in [-0.05, 0) is 45.5 Å². The molecular formula is C37H30Cl2N2O2. The van der Waals surface area contributed by atoms with Crippen molar-refractivity contribution in [3.05, 3.63) is 178 Å². The van der Waals surface area contributed by atoms with Crippen LogP contribution in [0, 0.1) is 0 Å². The molecule has 0 spiro atoms. The van der Waals surface area contributed by atoms with E-state index in [-0.39, 0.29) is 0 Å². The van der Waals surface area contributed by atoms with Crippen LogP contribution in [0.3, 0.4) is 0 Å². The number of rotatable bonds is 8. The summed E-state index contributed by atoms with van der Waals surface area (Å²) >= 11 is 11.8. The molecule has 0 aliphatic rings. The van der Waals surface area contributed by atoms with Gasteiger partial charge in [0.2, 0.25) is 0 Å². The van der Waals surface area contributed by atoms with E-state index in [1.165, 1.54) is 39.7 Å². The molecule has 0 aliphatic carbocycles. The lowest BCUT2D eigenvalue weighted by molar-refractivity contribution is 0.107. The predicted octanol–water partition coefficient (Wildman–Crippen LogP) is 9.60. The molecule has 1 aromatic heterocycles. The molecule has 1 heterocycles. The van der Waals surface area contributed by atoms with Crippen molar-refractivity contribution in [2.24, 2.45) is 0 Å². The van der Waals surface area contributed by atoms with Gasteiger partial charge in [0.05, 0.1) is 13.2 Å². The molecule has 0 amide bonds. The standard InChI is InChI=1S/C26H22O.C11H8Cl2N2O/c1-3-7-23(8-4-1)25-15-11-21(12-16-25)19-27-20-22-13-17-26(18-14-22)24-9-5-2-6-10-24;12-8-1-2-9(10(13)3-8)11(16)7-4-14-6-15-5-7/h1-18H,19-20H2;1-6,11,16H. The van der Waals surface area contributed by atoms with Crippen LogP contribution < -0.4 is 0 Å². The monoisotopic (exact) mass is 604 g/mol. The van der Waals surface area contributed by atoms with Gasteiger partial charge in [0.1, 0.15) is 12.4 Å². The van der Waals surface area contributed by atoms with Gasteiger partial charge in [0, 0.05) is 33.6 Å². The fraction of sp³-hybridized carbons (Fsp3) is 0.0811. The van der Waals surface area contributed by atoms with Crippen LogP contribution in [-0.4, -0.2) is 15.1 Å². The largest absolute Gasteiger partial charge is 0.383 e. The van der Waals surface area contributed by atoms with Crippen molar-refractivity contribution < 1.29 is 9.84 Å². The van der Waals surface area contributed by atoms with Crippen LogP contribution in [0.2, 0.25) is 10.0 Å². The van der Waals surface area contributed by atoms with Crippen LogP contribution in [-0.2, 0) is 18.0 Å². The summed E-state index contributed by atoms with van der Waals surface area (Å²) in [6.45, 7) is 1.24. The first-order valence-corrected chi connectivity index (χ1v) is 14.6. The fourth-order valence-electron chi connectivity index (χ4n) is 4.49. The van der Waals surface area contributed by atoms with Crippen LogP contribution in [0.15, 0.2) is 146 Å². The van der Waals surface area contributed by atoms with Gasteiger partial charge in [-0.15, -0.1) is 0 Å². The number of halogens is 2. The third-order valence-electron chi connectivity index (χ3n) is 6.81. The molecule has 1 N–H and O–H groups in total. The Balaban J connectivity index is 0.000000196. The van der Waals surface area contributed by atoms with Gasteiger partial charge in [0.15, 0.2) is 0 Å². The first-order chi connectivity index (χ1) is 21.1. The number of ether oxygens (including phenoxy) is 1. The Kier molecular flexibility index (Phi) is 10.7. The molecule has 6 rings (SSSR count). The Hall–Kier alpha value is -4.32. The highest BCUT2D eigenvalue weighted by molar-refractivity contribution is 6.35. The second-order valence-corrected chi connectivity index (χ2v) is 10.7. The average molecular weight is 606 g/mol. The van der Waals surface area contributed by atoms with Crippen LogP contribution in [0.5, 0.6) is 0 Å². The molecule has 0 bridgehead atoms. The van der Waals surface area contributed by atoms with E-state index >= 15 is 0 Å². The maximum atomic E-state index is 10.1. The average Bonchev–Trinajstić information content (AvgIpc) is 3.07. The molecule has 6 heteroatoms. The van der Waals surface area contributed by atoms with Gasteiger partial charge >= 0.3 is 0 Å². The summed E-state index contributed by atoms with van der Waals surface area (Å²) in [5, 5.41) is 11.0. The molecule has 5 aromatic carbocycles. The van der Waals surface area contributed by atoms with Gasteiger partial charge in [-0.2, -0.15) is 0 Å². The van der Waals surface area contributed by atoms with E-state index in [4.69, 9.17) is 27.9 Å². The topological polar surface area (TPSA) is 55.2 Å². The van der Waals surface area contributed by atoms with Crippen molar-refractivity contribution in [1.29, 1.82) is 0 Å². The van der Waals surface area contributed by atoms with Gasteiger partial charge in [-0.3, -0.25) is 0 Å². The SMILES string of the molecule is OC(c1cncnc1)c1ccc(Cl)cc1Cl.c1ccc(-c2ccc(COCc3ccc(-c4ccccc4)cc3)cc2)cc1. The molecule has 0 saturated carbocycles. The minimum Gasteiger partial charge on any atom is -0.383 e. The van der Waals surface area contributed by atoms with Gasteiger partial charge in [-0.1, -0.05) is 138 Å². The van der Waals surface area contributed by atoms with Crippen molar-refractivity contribution >= 4 is 23.2 Å². The van der Waals surface area contributed by atoms with Crippen LogP contribution >= 0.6 is 23.2 Å². The van der Waals surface area contributed by atoms with Crippen LogP contribution in [0.25, 0.3) is 22.3 Å². The van der Waals surface area contributed by atoms with Gasteiger partial charge in [-0.25, -0.2) is 9.97 Å². The smallest absolute Gasteiger partial charge is 0.115 e. The highest BCUT2D eigenvalue weighted by atomic mass is 35.5. The molecule has 1 atom stereocenters. The molecule has 214 valence electrons. The van der Waals surface area contributed by atoms with E-state index in [1.54, 1.807) is 30.6 Å². The summed E-state index contributed by atoms with van der Waals surface area (Å²) in [4.78, 5) is 7.68. The van der Waals surface area contributed by atoms with E-state index in [0.717, 1.165) is 0 Å². The molecule has 6 aromatic rings. The van der Waals surface area contributed by atoms with E-state index < -0.39 is 6.10 Å². The Labute approximate surface area is 262 Å². The zero-order valence-electron chi connectivity index (χ0n) is 23.4. The van der Waals surface area contributed by atoms with Crippen molar-refractivity contribution in [2.45, 2.75) is 19.3 Å². The molecule has 0 saturated heterocycles. The van der Waals surface area contributed by atoms with Crippen LogP contribution in [0.4, 0.5) is 0 Å². The summed E-state index contributed by atoms with van der Waals surface area (Å²) in [7, 11) is 0. The minimum absolute atomic E-state index is 0.420. The second kappa shape index (κ2) is 15.2. The fourth-order valence-corrected chi connectivity index (χ4v) is 5.00. The second-order valence-electron chi connectivity index (χ2n) is 9.86. The lowest BCUT2D eigenvalue weighted by Gasteiger charge is -2.12. The summed E-state index contributed by atoms with van der Waals surface area (Å²) in [6.07, 6.45) is 3.65. The van der Waals surface area contributed by atoms with Crippen molar-refractivity contribution in [3.8, 4) is 22.3 Å². The number of hydrogen-bond donors (Lipinski definition) is 1. The molecule has 1 unspecified atom stereocenters. The number of aromatic nitrogens is 2. The Morgan fingerprint density at radius 1 is 0.581 bits per heavy atom. The highest BCUT2D eigenvalue weighted by Gasteiger charge is 2.14. The summed E-state index contributed by atoms with van der Waals surface area (Å²) < 4.78 is 5.90. The third kappa shape index (κ3) is 8.60. The van der Waals surface area contributed by atoms with E-state index in [1.807, 2.05) is 12.1 Å². The van der Waals surface area contributed by atoms with Crippen molar-refractivity contribution in [3.63, 3.8) is 0 Å². The summed E-state index contributed by atoms with van der Waals surface area (Å²) in [5.41, 5.74) is 8.50. The number of aliphatic hydroxyl groups is 1. The third-order valence-corrected chi connectivity index (χ3v) is 7.38. The zero-order chi connectivity index (χ0) is 29.9. The van der Waals surface area contributed by atoms with Gasteiger partial charge in [0.25, 0.3) is 0 Å². The maximum Gasteiger partial charge on any atom is 0.115 e. The number of benzene rings is 5. The molecule has 0 radical (unpaired) electrons. The van der Waals surface area contributed by atoms with Crippen LogP contribution in [0.1, 0.15) is 28.4 Å². The van der Waals surface area contributed by atoms with E-state index in [2.05, 4.69) is 107 Å². The molecule has 43 heavy (non-hydrogen) atoms. The van der Waals surface area contributed by atoms with Crippen molar-refractivity contribution in [1.82, 2.24) is 9.97 Å². The lowest BCUT2D eigenvalue weighted by atomic mass is 10.0. The summed E-state index contributed by atoms with van der Waals surface area (Å²) in [5.74, 6) is 0. The van der Waals surface area contributed by atoms with E-state index in [9.17, 15) is 5.11 Å². The Morgan fingerprint density at radius 2 is 1.05 bits per heavy atom. The first kappa shape index (κ1) is 30.1. The molecule has 4 nitrogen and oxygen atoms in total. The molecule has 0 fully saturated rings. The number of hydrogen-bond acceptors (Lipinski definition) is 4. The van der Waals surface area contributed by atoms with Gasteiger partial charge < -0.3 is 9.84 Å². The maximum absolute atomic E-state index is 10.1. The quantitative estimate of drug-likeness (QED) is 0.188. The normalized spacial score (nSPS) is 11.3. The Morgan fingerprint density at radius 3 is 1.51 bits per heavy atom. The zero-order valence-corrected chi connectivity index (χ0v) is 24.9. The predicted molar refractivity (Wildman–Crippen MR) is 175 cm³/mol. The first-order valence-electron chi connectivity index (χ1n) is 13.8.